The third kappa shape index (κ3) is 3.01. The van der Waals surface area contributed by atoms with Crippen molar-refractivity contribution in [2.24, 2.45) is 0 Å². The summed E-state index contributed by atoms with van der Waals surface area (Å²) in [4.78, 5) is 35.6. The molecule has 1 aliphatic heterocycles. The number of nitrogens with one attached hydrogen (secondary N) is 2. The molecule has 2 aromatic heterocycles. The quantitative estimate of drug-likeness (QED) is 0.315. The van der Waals surface area contributed by atoms with Gasteiger partial charge in [-0.15, -0.1) is 0 Å². The Bertz CT molecular complexity index is 1580. The fraction of sp³-hybridized carbons (Fsp3) is 0.208. The Kier molecular flexibility index (Phi) is 4.44. The van der Waals surface area contributed by atoms with E-state index in [0.29, 0.717) is 5.82 Å². The molecule has 0 unspecified atom stereocenters. The molecule has 1 aliphatic rings. The molecule has 1 fully saturated rings. The Morgan fingerprint density at radius 1 is 1.00 bits per heavy atom. The van der Waals surface area contributed by atoms with Crippen molar-refractivity contribution in [3.05, 3.63) is 75.6 Å². The van der Waals surface area contributed by atoms with Gasteiger partial charge in [-0.1, -0.05) is 48.5 Å². The monoisotopic (exact) mass is 444 g/mol. The van der Waals surface area contributed by atoms with E-state index < -0.39 is 29.7 Å². The molecule has 0 radical (unpaired) electrons. The summed E-state index contributed by atoms with van der Waals surface area (Å²) in [5.41, 5.74) is 0.450. The molecule has 9 heteroatoms. The largest absolute Gasteiger partial charge is 0.394 e. The number of rotatable bonds is 3. The van der Waals surface area contributed by atoms with Crippen LogP contribution in [-0.2, 0) is 4.74 Å². The van der Waals surface area contributed by atoms with Gasteiger partial charge in [0.1, 0.15) is 18.2 Å². The molecule has 4 N–H and O–H groups in total. The number of aliphatic hydroxyl groups excluding tert-OH is 2. The van der Waals surface area contributed by atoms with Gasteiger partial charge in [0.15, 0.2) is 0 Å². The van der Waals surface area contributed by atoms with Crippen molar-refractivity contribution in [1.29, 1.82) is 0 Å². The summed E-state index contributed by atoms with van der Waals surface area (Å²) >= 11 is 0. The maximum Gasteiger partial charge on any atom is 0.330 e. The van der Waals surface area contributed by atoms with Gasteiger partial charge in [0.2, 0.25) is 0 Å². The molecule has 166 valence electrons. The third-order valence-corrected chi connectivity index (χ3v) is 6.29. The molecule has 0 aliphatic carbocycles. The molecule has 33 heavy (non-hydrogen) atoms. The third-order valence-electron chi connectivity index (χ3n) is 6.29. The normalized spacial score (nSPS) is 20.8. The number of H-pyrrole nitrogens is 2. The number of benzene rings is 3. The first-order valence-electron chi connectivity index (χ1n) is 10.6. The molecule has 0 saturated carbocycles. The number of aromatic amines is 2. The van der Waals surface area contributed by atoms with Gasteiger partial charge in [0.05, 0.1) is 29.3 Å². The highest BCUT2D eigenvalue weighted by Gasteiger charge is 2.35. The topological polar surface area (TPSA) is 133 Å². The summed E-state index contributed by atoms with van der Waals surface area (Å²) in [6.45, 7) is -0.369. The first-order valence-corrected chi connectivity index (χ1v) is 10.6. The predicted molar refractivity (Wildman–Crippen MR) is 123 cm³/mol. The van der Waals surface area contributed by atoms with Gasteiger partial charge in [-0.3, -0.25) is 14.3 Å². The lowest BCUT2D eigenvalue weighted by molar-refractivity contribution is -0.0458. The summed E-state index contributed by atoms with van der Waals surface area (Å²) in [5, 5.41) is 23.5. The molecular weight excluding hydrogens is 424 g/mol. The van der Waals surface area contributed by atoms with Crippen LogP contribution in [0.3, 0.4) is 0 Å². The van der Waals surface area contributed by atoms with Gasteiger partial charge in [0.25, 0.3) is 5.56 Å². The molecule has 3 heterocycles. The first-order chi connectivity index (χ1) is 16.0. The molecule has 3 atom stereocenters. The Labute approximate surface area is 185 Å². The summed E-state index contributed by atoms with van der Waals surface area (Å²) in [7, 11) is 0. The van der Waals surface area contributed by atoms with Gasteiger partial charge in [0, 0.05) is 23.4 Å². The Morgan fingerprint density at radius 3 is 2.36 bits per heavy atom. The van der Waals surface area contributed by atoms with E-state index in [1.54, 1.807) is 0 Å². The van der Waals surface area contributed by atoms with Crippen LogP contribution in [0.5, 0.6) is 0 Å². The standard InChI is InChI=1S/C24H20N4O5/c29-11-18-17(30)9-19(33-18)28-10-16(23(31)27-24(28)32)22-25-20-14-7-3-1-5-12(14)13-6-2-4-8-15(13)21(20)26-22/h1-8,10,17-19,29-30H,9,11H2,(H,25,26)(H,27,31,32)/t17-,18+,19+/m0/s1. The minimum atomic E-state index is -0.911. The zero-order valence-corrected chi connectivity index (χ0v) is 17.4. The van der Waals surface area contributed by atoms with Crippen LogP contribution in [0.2, 0.25) is 0 Å². The van der Waals surface area contributed by atoms with Crippen LogP contribution >= 0.6 is 0 Å². The van der Waals surface area contributed by atoms with Crippen LogP contribution in [0, 0.1) is 0 Å². The van der Waals surface area contributed by atoms with Crippen LogP contribution < -0.4 is 11.2 Å². The van der Waals surface area contributed by atoms with E-state index in [0.717, 1.165) is 32.6 Å². The van der Waals surface area contributed by atoms with E-state index in [9.17, 15) is 19.8 Å². The van der Waals surface area contributed by atoms with E-state index in [1.807, 2.05) is 48.5 Å². The first kappa shape index (κ1) is 19.9. The highest BCUT2D eigenvalue weighted by atomic mass is 16.5. The van der Waals surface area contributed by atoms with Crippen LogP contribution in [0.4, 0.5) is 0 Å². The molecule has 5 aromatic rings. The number of hydrogen-bond donors (Lipinski definition) is 4. The fourth-order valence-corrected chi connectivity index (χ4v) is 4.67. The van der Waals surface area contributed by atoms with E-state index in [1.165, 1.54) is 10.8 Å². The molecule has 0 spiro atoms. The van der Waals surface area contributed by atoms with E-state index in [-0.39, 0.29) is 18.6 Å². The lowest BCUT2D eigenvalue weighted by atomic mass is 10.0. The fourth-order valence-electron chi connectivity index (χ4n) is 4.67. The van der Waals surface area contributed by atoms with Crippen LogP contribution in [0.1, 0.15) is 12.6 Å². The second-order valence-corrected chi connectivity index (χ2v) is 8.22. The highest BCUT2D eigenvalue weighted by Crippen LogP contribution is 2.35. The Morgan fingerprint density at radius 2 is 1.67 bits per heavy atom. The second kappa shape index (κ2) is 7.38. The van der Waals surface area contributed by atoms with Crippen LogP contribution in [0.25, 0.3) is 44.0 Å². The number of imidazole rings is 1. The van der Waals surface area contributed by atoms with Gasteiger partial charge in [-0.25, -0.2) is 9.78 Å². The number of aromatic nitrogens is 4. The van der Waals surface area contributed by atoms with Gasteiger partial charge in [-0.05, 0) is 10.8 Å². The molecular formula is C24H20N4O5. The van der Waals surface area contributed by atoms with Crippen molar-refractivity contribution in [2.45, 2.75) is 24.9 Å². The van der Waals surface area contributed by atoms with Gasteiger partial charge >= 0.3 is 5.69 Å². The minimum Gasteiger partial charge on any atom is -0.394 e. The Balaban J connectivity index is 1.57. The van der Waals surface area contributed by atoms with Gasteiger partial charge < -0.3 is 19.9 Å². The molecule has 3 aromatic carbocycles. The van der Waals surface area contributed by atoms with Crippen LogP contribution in [0.15, 0.2) is 64.3 Å². The number of ether oxygens (including phenoxy) is 1. The maximum absolute atomic E-state index is 12.7. The van der Waals surface area contributed by atoms with Gasteiger partial charge in [-0.2, -0.15) is 0 Å². The number of aliphatic hydroxyl groups is 2. The van der Waals surface area contributed by atoms with Crippen molar-refractivity contribution in [1.82, 2.24) is 19.5 Å². The van der Waals surface area contributed by atoms with Crippen molar-refractivity contribution in [2.75, 3.05) is 6.61 Å². The summed E-state index contributed by atoms with van der Waals surface area (Å²) in [6, 6.07) is 15.9. The van der Waals surface area contributed by atoms with Crippen molar-refractivity contribution >= 4 is 32.6 Å². The Hall–Kier alpha value is -3.79. The number of nitrogens with zero attached hydrogens (tertiary/aromatic N) is 2. The predicted octanol–water partition coefficient (Wildman–Crippen LogP) is 2.03. The molecule has 6 rings (SSSR count). The average molecular weight is 444 g/mol. The SMILES string of the molecule is O=c1[nH]c(=O)n([C@H]2C[C@H](O)[C@@H](CO)O2)cc1-c1nc2c3ccccc3c3ccccc3c2[nH]1. The molecule has 0 amide bonds. The lowest BCUT2D eigenvalue weighted by Crippen LogP contribution is -2.33. The van der Waals surface area contributed by atoms with Crippen LogP contribution in [-0.4, -0.2) is 48.5 Å². The lowest BCUT2D eigenvalue weighted by Gasteiger charge is -2.14. The second-order valence-electron chi connectivity index (χ2n) is 8.22. The summed E-state index contributed by atoms with van der Waals surface area (Å²) in [6.07, 6.45) is -1.01. The number of fused-ring (bicyclic) bond motifs is 6. The molecule has 0 bridgehead atoms. The average Bonchev–Trinajstić information content (AvgIpc) is 3.43. The molecule has 9 nitrogen and oxygen atoms in total. The zero-order chi connectivity index (χ0) is 22.7. The van der Waals surface area contributed by atoms with E-state index in [4.69, 9.17) is 9.72 Å². The molecule has 1 saturated heterocycles. The zero-order valence-electron chi connectivity index (χ0n) is 17.4. The van der Waals surface area contributed by atoms with Crippen molar-refractivity contribution < 1.29 is 14.9 Å². The van der Waals surface area contributed by atoms with E-state index >= 15 is 0 Å². The summed E-state index contributed by atoms with van der Waals surface area (Å²) in [5.74, 6) is 0.318. The maximum atomic E-state index is 12.7. The van der Waals surface area contributed by atoms with Crippen molar-refractivity contribution in [3.8, 4) is 11.4 Å². The summed E-state index contributed by atoms with van der Waals surface area (Å²) < 4.78 is 6.83. The number of hydrogen-bond acceptors (Lipinski definition) is 6. The van der Waals surface area contributed by atoms with E-state index in [2.05, 4.69) is 9.97 Å². The van der Waals surface area contributed by atoms with Crippen molar-refractivity contribution in [3.63, 3.8) is 0 Å². The smallest absolute Gasteiger partial charge is 0.330 e. The minimum absolute atomic E-state index is 0.117. The highest BCUT2D eigenvalue weighted by molar-refractivity contribution is 6.23.